The number of halogens is 3. The number of methoxy groups -OCH3 is 1. The summed E-state index contributed by atoms with van der Waals surface area (Å²) in [7, 11) is -1.11. The molecule has 1 aromatic carbocycles. The third-order valence-electron chi connectivity index (χ3n) is 4.77. The summed E-state index contributed by atoms with van der Waals surface area (Å²) in [4.78, 5) is 23.3. The van der Waals surface area contributed by atoms with E-state index >= 15 is 0 Å². The molecule has 0 radical (unpaired) electrons. The Hall–Kier alpha value is -3.94. The number of esters is 1. The molecule has 0 saturated heterocycles. The molecule has 3 rings (SSSR count). The summed E-state index contributed by atoms with van der Waals surface area (Å²) in [6.07, 6.45) is -1.75. The largest absolute Gasteiger partial charge is 0.465 e. The Labute approximate surface area is 199 Å². The highest BCUT2D eigenvalue weighted by atomic mass is 32.2. The van der Waals surface area contributed by atoms with Crippen LogP contribution in [0.2, 0.25) is 0 Å². The van der Waals surface area contributed by atoms with Crippen molar-refractivity contribution in [1.29, 1.82) is 0 Å². The SMILES string of the molecule is COC(=O)c1ccc(Nc2ncc(C(F)(F)F)c(NCc3cccnc3N(C)S(C)(=O)=O)n2)cc1. The highest BCUT2D eigenvalue weighted by molar-refractivity contribution is 7.92. The Morgan fingerprint density at radius 1 is 1.14 bits per heavy atom. The number of ether oxygens (including phenoxy) is 1. The average molecular weight is 510 g/mol. The minimum absolute atomic E-state index is 0.0640. The third kappa shape index (κ3) is 6.35. The molecule has 0 unspecified atom stereocenters. The van der Waals surface area contributed by atoms with Gasteiger partial charge in [0, 0.05) is 37.2 Å². The topological polar surface area (TPSA) is 126 Å². The lowest BCUT2D eigenvalue weighted by molar-refractivity contribution is -0.137. The summed E-state index contributed by atoms with van der Waals surface area (Å²) in [6, 6.07) is 9.05. The van der Waals surface area contributed by atoms with Gasteiger partial charge >= 0.3 is 12.1 Å². The second-order valence-corrected chi connectivity index (χ2v) is 9.23. The van der Waals surface area contributed by atoms with Crippen molar-refractivity contribution in [2.24, 2.45) is 0 Å². The van der Waals surface area contributed by atoms with E-state index in [-0.39, 0.29) is 18.3 Å². The molecule has 35 heavy (non-hydrogen) atoms. The minimum atomic E-state index is -4.75. The number of carbonyl (C=O) groups is 1. The Morgan fingerprint density at radius 2 is 1.83 bits per heavy atom. The van der Waals surface area contributed by atoms with Crippen molar-refractivity contribution in [2.45, 2.75) is 12.7 Å². The second-order valence-electron chi connectivity index (χ2n) is 7.22. The molecule has 10 nitrogen and oxygen atoms in total. The minimum Gasteiger partial charge on any atom is -0.465 e. The van der Waals surface area contributed by atoms with Crippen LogP contribution in [0.3, 0.4) is 0 Å². The van der Waals surface area contributed by atoms with Crippen LogP contribution >= 0.6 is 0 Å². The second kappa shape index (κ2) is 10.1. The molecule has 0 bridgehead atoms. The first-order valence-corrected chi connectivity index (χ1v) is 11.8. The molecular formula is C21H21F3N6O4S. The Balaban J connectivity index is 1.88. The van der Waals surface area contributed by atoms with Gasteiger partial charge in [-0.1, -0.05) is 6.07 Å². The van der Waals surface area contributed by atoms with Crippen LogP contribution < -0.4 is 14.9 Å². The molecular weight excluding hydrogens is 489 g/mol. The van der Waals surface area contributed by atoms with Crippen molar-refractivity contribution < 1.29 is 31.1 Å². The molecule has 14 heteroatoms. The summed E-state index contributed by atoms with van der Waals surface area (Å²) in [5.74, 6) is -1.12. The monoisotopic (exact) mass is 510 g/mol. The van der Waals surface area contributed by atoms with E-state index in [4.69, 9.17) is 0 Å². The number of benzene rings is 1. The maximum atomic E-state index is 13.6. The Kier molecular flexibility index (Phi) is 7.43. The third-order valence-corrected chi connectivity index (χ3v) is 5.93. The molecule has 0 atom stereocenters. The number of hydrogen-bond donors (Lipinski definition) is 2. The van der Waals surface area contributed by atoms with Gasteiger partial charge in [-0.05, 0) is 30.3 Å². The number of sulfonamides is 1. The van der Waals surface area contributed by atoms with Crippen molar-refractivity contribution in [1.82, 2.24) is 15.0 Å². The number of aromatic nitrogens is 3. The zero-order valence-corrected chi connectivity index (χ0v) is 19.6. The van der Waals surface area contributed by atoms with Crippen molar-refractivity contribution >= 4 is 39.3 Å². The molecule has 0 saturated carbocycles. The highest BCUT2D eigenvalue weighted by Gasteiger charge is 2.35. The standard InChI is InChI=1S/C21H21F3N6O4S/c1-30(35(3,32)33)18-14(5-4-10-25-18)11-26-17-16(21(22,23)24)12-27-20(29-17)28-15-8-6-13(7-9-15)19(31)34-2/h4-10,12H,11H2,1-3H3,(H2,26,27,28,29). The molecule has 186 valence electrons. The number of anilines is 4. The molecule has 0 spiro atoms. The number of hydrogen-bond acceptors (Lipinski definition) is 9. The number of alkyl halides is 3. The van der Waals surface area contributed by atoms with Gasteiger partial charge in [0.25, 0.3) is 0 Å². The van der Waals surface area contributed by atoms with E-state index in [0.717, 1.165) is 10.6 Å². The predicted octanol–water partition coefficient (Wildman–Crippen LogP) is 3.43. The van der Waals surface area contributed by atoms with Gasteiger partial charge in [-0.25, -0.2) is 23.2 Å². The number of nitrogens with zero attached hydrogens (tertiary/aromatic N) is 4. The maximum Gasteiger partial charge on any atom is 0.421 e. The van der Waals surface area contributed by atoms with Crippen molar-refractivity contribution in [3.63, 3.8) is 0 Å². The number of carbonyl (C=O) groups excluding carboxylic acids is 1. The lowest BCUT2D eigenvalue weighted by Gasteiger charge is -2.20. The van der Waals surface area contributed by atoms with Crippen LogP contribution in [-0.4, -0.2) is 49.8 Å². The van der Waals surface area contributed by atoms with Crippen molar-refractivity contribution in [3.8, 4) is 0 Å². The fraction of sp³-hybridized carbons (Fsp3) is 0.238. The van der Waals surface area contributed by atoms with E-state index in [1.807, 2.05) is 0 Å². The highest BCUT2D eigenvalue weighted by Crippen LogP contribution is 2.34. The first-order valence-electron chi connectivity index (χ1n) is 9.91. The first kappa shape index (κ1) is 25.7. The van der Waals surface area contributed by atoms with Crippen LogP contribution in [0.25, 0.3) is 0 Å². The average Bonchev–Trinajstić information content (AvgIpc) is 2.81. The van der Waals surface area contributed by atoms with Crippen LogP contribution in [0.15, 0.2) is 48.8 Å². The molecule has 0 fully saturated rings. The quantitative estimate of drug-likeness (QED) is 0.438. The van der Waals surface area contributed by atoms with Gasteiger partial charge in [0.1, 0.15) is 17.2 Å². The summed E-state index contributed by atoms with van der Waals surface area (Å²) in [5.41, 5.74) is -0.0566. The van der Waals surface area contributed by atoms with Gasteiger partial charge in [0.05, 0.1) is 18.9 Å². The molecule has 0 amide bonds. The molecule has 0 aliphatic carbocycles. The molecule has 2 aromatic heterocycles. The summed E-state index contributed by atoms with van der Waals surface area (Å²) >= 11 is 0. The molecule has 3 aromatic rings. The lowest BCUT2D eigenvalue weighted by atomic mass is 10.2. The van der Waals surface area contributed by atoms with Gasteiger partial charge in [-0.2, -0.15) is 18.2 Å². The Morgan fingerprint density at radius 3 is 2.43 bits per heavy atom. The lowest BCUT2D eigenvalue weighted by Crippen LogP contribution is -2.27. The predicted molar refractivity (Wildman–Crippen MR) is 123 cm³/mol. The van der Waals surface area contributed by atoms with Crippen LogP contribution in [0, 0.1) is 0 Å². The van der Waals surface area contributed by atoms with Crippen LogP contribution in [-0.2, 0) is 27.5 Å². The van der Waals surface area contributed by atoms with Crippen LogP contribution in [0.1, 0.15) is 21.5 Å². The van der Waals surface area contributed by atoms with E-state index in [9.17, 15) is 26.4 Å². The maximum absolute atomic E-state index is 13.6. The molecule has 2 N–H and O–H groups in total. The number of rotatable bonds is 8. The van der Waals surface area contributed by atoms with Crippen LogP contribution in [0.5, 0.6) is 0 Å². The van der Waals surface area contributed by atoms with E-state index in [1.54, 1.807) is 0 Å². The van der Waals surface area contributed by atoms with Crippen molar-refractivity contribution in [3.05, 3.63) is 65.5 Å². The zero-order valence-electron chi connectivity index (χ0n) is 18.8. The fourth-order valence-corrected chi connectivity index (χ4v) is 3.39. The van der Waals surface area contributed by atoms with E-state index < -0.39 is 33.6 Å². The van der Waals surface area contributed by atoms with E-state index in [1.165, 1.54) is 56.8 Å². The fourth-order valence-electron chi connectivity index (χ4n) is 2.91. The summed E-state index contributed by atoms with van der Waals surface area (Å²) < 4.78 is 70.0. The molecule has 0 aliphatic rings. The van der Waals surface area contributed by atoms with Gasteiger partial charge in [-0.15, -0.1) is 0 Å². The summed E-state index contributed by atoms with van der Waals surface area (Å²) in [5, 5.41) is 5.38. The summed E-state index contributed by atoms with van der Waals surface area (Å²) in [6.45, 7) is -0.198. The number of pyridine rings is 1. The van der Waals surface area contributed by atoms with Crippen LogP contribution in [0.4, 0.5) is 36.4 Å². The molecule has 2 heterocycles. The van der Waals surface area contributed by atoms with Gasteiger partial charge < -0.3 is 15.4 Å². The normalized spacial score (nSPS) is 11.6. The Bertz CT molecular complexity index is 1320. The first-order chi connectivity index (χ1) is 16.4. The smallest absolute Gasteiger partial charge is 0.421 e. The van der Waals surface area contributed by atoms with Gasteiger partial charge in [0.15, 0.2) is 0 Å². The molecule has 0 aliphatic heterocycles. The van der Waals surface area contributed by atoms with Gasteiger partial charge in [-0.3, -0.25) is 4.31 Å². The van der Waals surface area contributed by atoms with Crippen molar-refractivity contribution in [2.75, 3.05) is 35.4 Å². The van der Waals surface area contributed by atoms with E-state index in [2.05, 4.69) is 30.3 Å². The number of nitrogens with one attached hydrogen (secondary N) is 2. The zero-order chi connectivity index (χ0) is 25.8. The van der Waals surface area contributed by atoms with E-state index in [0.29, 0.717) is 23.0 Å². The van der Waals surface area contributed by atoms with Gasteiger partial charge in [0.2, 0.25) is 16.0 Å².